The van der Waals surface area contributed by atoms with E-state index in [9.17, 15) is 14.4 Å². The van der Waals surface area contributed by atoms with E-state index >= 15 is 0 Å². The van der Waals surface area contributed by atoms with Gasteiger partial charge >= 0.3 is 11.9 Å². The van der Waals surface area contributed by atoms with Crippen LogP contribution >= 0.6 is 24.0 Å². The standard InChI is InChI=1S/C10H13NO5S2/c12-7-2-1-3-11(7)10(17)18-5-6(9(15)16)4-8(13)14/h6H,1-5H2,(H,13,14)(H,15,16). The molecule has 0 aliphatic carbocycles. The lowest BCUT2D eigenvalue weighted by molar-refractivity contribution is -0.147. The minimum atomic E-state index is -1.17. The fourth-order valence-electron chi connectivity index (χ4n) is 1.52. The molecular formula is C10H13NO5S2. The molecule has 1 fully saturated rings. The number of hydrogen-bond donors (Lipinski definition) is 2. The van der Waals surface area contributed by atoms with Gasteiger partial charge in [0.1, 0.15) is 4.32 Å². The van der Waals surface area contributed by atoms with Crippen LogP contribution in [0, 0.1) is 5.92 Å². The first kappa shape index (κ1) is 14.9. The van der Waals surface area contributed by atoms with E-state index < -0.39 is 24.3 Å². The molecule has 100 valence electrons. The van der Waals surface area contributed by atoms with Gasteiger partial charge in [0.15, 0.2) is 0 Å². The molecule has 0 aromatic carbocycles. The van der Waals surface area contributed by atoms with Crippen molar-refractivity contribution in [3.05, 3.63) is 0 Å². The van der Waals surface area contributed by atoms with E-state index in [1.165, 1.54) is 4.90 Å². The van der Waals surface area contributed by atoms with Crippen LogP contribution in [0.25, 0.3) is 0 Å². The highest BCUT2D eigenvalue weighted by Gasteiger charge is 2.27. The molecule has 1 aliphatic heterocycles. The molecule has 0 aromatic heterocycles. The highest BCUT2D eigenvalue weighted by Crippen LogP contribution is 2.21. The number of carbonyl (C=O) groups excluding carboxylic acids is 1. The van der Waals surface area contributed by atoms with E-state index in [0.717, 1.165) is 18.2 Å². The molecule has 6 nitrogen and oxygen atoms in total. The van der Waals surface area contributed by atoms with E-state index in [4.69, 9.17) is 22.4 Å². The molecule has 0 bridgehead atoms. The van der Waals surface area contributed by atoms with Gasteiger partial charge in [-0.25, -0.2) is 0 Å². The lowest BCUT2D eigenvalue weighted by Gasteiger charge is -2.17. The number of carboxylic acids is 2. The zero-order valence-electron chi connectivity index (χ0n) is 9.50. The van der Waals surface area contributed by atoms with Crippen LogP contribution in [0.15, 0.2) is 0 Å². The Bertz CT molecular complexity index is 384. The number of rotatable bonds is 5. The van der Waals surface area contributed by atoms with Crippen LogP contribution < -0.4 is 0 Å². The highest BCUT2D eigenvalue weighted by molar-refractivity contribution is 8.23. The molecule has 2 N–H and O–H groups in total. The monoisotopic (exact) mass is 291 g/mol. The van der Waals surface area contributed by atoms with Crippen molar-refractivity contribution in [1.29, 1.82) is 0 Å². The molecule has 8 heteroatoms. The van der Waals surface area contributed by atoms with Crippen molar-refractivity contribution in [2.45, 2.75) is 19.3 Å². The predicted octanol–water partition coefficient (Wildman–Crippen LogP) is 0.802. The molecule has 1 saturated heterocycles. The van der Waals surface area contributed by atoms with Crippen LogP contribution in [0.5, 0.6) is 0 Å². The number of likely N-dealkylation sites (tertiary alicyclic amines) is 1. The molecule has 0 spiro atoms. The summed E-state index contributed by atoms with van der Waals surface area (Å²) in [6, 6.07) is 0. The van der Waals surface area contributed by atoms with Gasteiger partial charge in [0, 0.05) is 18.7 Å². The smallest absolute Gasteiger partial charge is 0.307 e. The van der Waals surface area contributed by atoms with E-state index in [-0.39, 0.29) is 11.7 Å². The average molecular weight is 291 g/mol. The van der Waals surface area contributed by atoms with Gasteiger partial charge in [-0.3, -0.25) is 19.3 Å². The van der Waals surface area contributed by atoms with E-state index in [0.29, 0.717) is 17.3 Å². The van der Waals surface area contributed by atoms with Gasteiger partial charge in [-0.15, -0.1) is 0 Å². The van der Waals surface area contributed by atoms with Crippen LogP contribution in [-0.4, -0.2) is 49.6 Å². The Morgan fingerprint density at radius 2 is 2.11 bits per heavy atom. The minimum absolute atomic E-state index is 0.0578. The summed E-state index contributed by atoms with van der Waals surface area (Å²) >= 11 is 6.09. The molecular weight excluding hydrogens is 278 g/mol. The van der Waals surface area contributed by atoms with E-state index in [1.54, 1.807) is 0 Å². The summed E-state index contributed by atoms with van der Waals surface area (Å²) < 4.78 is 0.328. The van der Waals surface area contributed by atoms with Gasteiger partial charge in [0.25, 0.3) is 0 Å². The summed E-state index contributed by atoms with van der Waals surface area (Å²) in [5, 5.41) is 17.4. The quantitative estimate of drug-likeness (QED) is 0.723. The number of amides is 1. The lowest BCUT2D eigenvalue weighted by atomic mass is 10.1. The van der Waals surface area contributed by atoms with Gasteiger partial charge in [-0.05, 0) is 6.42 Å². The molecule has 1 heterocycles. The Balaban J connectivity index is 2.46. The molecule has 0 aromatic rings. The van der Waals surface area contributed by atoms with Crippen molar-refractivity contribution in [1.82, 2.24) is 4.90 Å². The van der Waals surface area contributed by atoms with Gasteiger partial charge in [0.2, 0.25) is 5.91 Å². The van der Waals surface area contributed by atoms with Gasteiger partial charge in [-0.2, -0.15) is 0 Å². The van der Waals surface area contributed by atoms with E-state index in [1.807, 2.05) is 0 Å². The molecule has 1 atom stereocenters. The fraction of sp³-hybridized carbons (Fsp3) is 0.600. The Hall–Kier alpha value is -1.15. The van der Waals surface area contributed by atoms with Crippen molar-refractivity contribution < 1.29 is 24.6 Å². The predicted molar refractivity (Wildman–Crippen MR) is 69.4 cm³/mol. The summed E-state index contributed by atoms with van der Waals surface area (Å²) in [5.41, 5.74) is 0. The number of hydrogen-bond acceptors (Lipinski definition) is 5. The molecule has 18 heavy (non-hydrogen) atoms. The third-order valence-corrected chi connectivity index (χ3v) is 4.08. The normalized spacial score (nSPS) is 16.7. The summed E-state index contributed by atoms with van der Waals surface area (Å²) in [6.07, 6.45) is 0.758. The third-order valence-electron chi connectivity index (χ3n) is 2.47. The number of thioether (sulfide) groups is 1. The first-order valence-electron chi connectivity index (χ1n) is 5.33. The summed E-state index contributed by atoms with van der Waals surface area (Å²) in [5.74, 6) is -3.32. The first-order chi connectivity index (χ1) is 8.41. The largest absolute Gasteiger partial charge is 0.481 e. The number of nitrogens with zero attached hydrogens (tertiary/aromatic N) is 1. The SMILES string of the molecule is O=C(O)CC(CSC(=S)N1CCCC1=O)C(=O)O. The van der Waals surface area contributed by atoms with Crippen LogP contribution in [0.2, 0.25) is 0 Å². The minimum Gasteiger partial charge on any atom is -0.481 e. The third kappa shape index (κ3) is 4.26. The van der Waals surface area contributed by atoms with Gasteiger partial charge in [-0.1, -0.05) is 24.0 Å². The molecule has 1 rings (SSSR count). The fourth-order valence-corrected chi connectivity index (χ4v) is 2.87. The maximum Gasteiger partial charge on any atom is 0.307 e. The Labute approximate surface area is 113 Å². The van der Waals surface area contributed by atoms with Crippen molar-refractivity contribution in [2.75, 3.05) is 12.3 Å². The number of thiocarbonyl (C=S) groups is 1. The number of carboxylic acid groups (broad SMARTS) is 2. The van der Waals surface area contributed by atoms with Crippen LogP contribution in [0.3, 0.4) is 0 Å². The maximum atomic E-state index is 11.4. The van der Waals surface area contributed by atoms with Crippen molar-refractivity contribution in [2.24, 2.45) is 5.92 Å². The molecule has 1 unspecified atom stereocenters. The maximum absolute atomic E-state index is 11.4. The Morgan fingerprint density at radius 1 is 1.44 bits per heavy atom. The molecule has 1 aliphatic rings. The topological polar surface area (TPSA) is 94.9 Å². The summed E-state index contributed by atoms with van der Waals surface area (Å²) in [7, 11) is 0. The number of carbonyl (C=O) groups is 3. The second-order valence-corrected chi connectivity index (χ2v) is 5.51. The first-order valence-corrected chi connectivity index (χ1v) is 6.73. The second-order valence-electron chi connectivity index (χ2n) is 3.86. The second kappa shape index (κ2) is 6.69. The Morgan fingerprint density at radius 3 is 2.56 bits per heavy atom. The summed E-state index contributed by atoms with van der Waals surface area (Å²) in [4.78, 5) is 34.2. The Kier molecular flexibility index (Phi) is 5.54. The zero-order valence-corrected chi connectivity index (χ0v) is 11.1. The average Bonchev–Trinajstić information content (AvgIpc) is 2.69. The highest BCUT2D eigenvalue weighted by atomic mass is 32.2. The molecule has 1 amide bonds. The zero-order chi connectivity index (χ0) is 13.7. The van der Waals surface area contributed by atoms with Gasteiger partial charge in [0.05, 0.1) is 12.3 Å². The lowest BCUT2D eigenvalue weighted by Crippen LogP contribution is -2.29. The van der Waals surface area contributed by atoms with Crippen molar-refractivity contribution >= 4 is 46.1 Å². The van der Waals surface area contributed by atoms with Crippen LogP contribution in [0.1, 0.15) is 19.3 Å². The number of aliphatic carboxylic acids is 2. The van der Waals surface area contributed by atoms with Gasteiger partial charge < -0.3 is 10.2 Å². The van der Waals surface area contributed by atoms with Crippen molar-refractivity contribution in [3.63, 3.8) is 0 Å². The van der Waals surface area contributed by atoms with E-state index in [2.05, 4.69) is 0 Å². The van der Waals surface area contributed by atoms with Crippen molar-refractivity contribution in [3.8, 4) is 0 Å². The van der Waals surface area contributed by atoms with Crippen LogP contribution in [0.4, 0.5) is 0 Å². The molecule has 0 radical (unpaired) electrons. The molecule has 0 saturated carbocycles. The van der Waals surface area contributed by atoms with Crippen LogP contribution in [-0.2, 0) is 14.4 Å². The summed E-state index contributed by atoms with van der Waals surface area (Å²) in [6.45, 7) is 0.557.